The second-order valence-electron chi connectivity index (χ2n) is 4.61. The number of hydrogen-bond acceptors (Lipinski definition) is 4. The van der Waals surface area contributed by atoms with Crippen LogP contribution in [0.15, 0.2) is 18.2 Å². The second kappa shape index (κ2) is 3.37. The lowest BCUT2D eigenvalue weighted by molar-refractivity contribution is -0.0241. The maximum Gasteiger partial charge on any atom is 0.231 e. The van der Waals surface area contributed by atoms with Crippen molar-refractivity contribution < 1.29 is 14.2 Å². The highest BCUT2D eigenvalue weighted by atomic mass is 16.7. The van der Waals surface area contributed by atoms with Crippen LogP contribution in [0.2, 0.25) is 0 Å². The molecule has 0 spiro atoms. The molecule has 0 aromatic heterocycles. The van der Waals surface area contributed by atoms with Gasteiger partial charge in [-0.1, -0.05) is 6.07 Å². The minimum Gasteiger partial charge on any atom is -0.454 e. The van der Waals surface area contributed by atoms with Crippen molar-refractivity contribution in [3.05, 3.63) is 23.8 Å². The Morgan fingerprint density at radius 3 is 2.81 bits per heavy atom. The van der Waals surface area contributed by atoms with Crippen LogP contribution in [0.3, 0.4) is 0 Å². The van der Waals surface area contributed by atoms with Crippen LogP contribution < -0.4 is 14.8 Å². The van der Waals surface area contributed by atoms with Crippen molar-refractivity contribution in [2.45, 2.75) is 25.7 Å². The summed E-state index contributed by atoms with van der Waals surface area (Å²) >= 11 is 0. The van der Waals surface area contributed by atoms with Crippen molar-refractivity contribution >= 4 is 0 Å². The molecule has 1 atom stereocenters. The van der Waals surface area contributed by atoms with Gasteiger partial charge in [0.1, 0.15) is 5.72 Å². The van der Waals surface area contributed by atoms with Crippen molar-refractivity contribution in [1.82, 2.24) is 5.32 Å². The van der Waals surface area contributed by atoms with Crippen LogP contribution in [-0.2, 0) is 4.74 Å². The fourth-order valence-electron chi connectivity index (χ4n) is 2.08. The lowest BCUT2D eigenvalue weighted by Crippen LogP contribution is -2.33. The van der Waals surface area contributed by atoms with Crippen LogP contribution in [0.25, 0.3) is 0 Å². The molecule has 1 aromatic carbocycles. The third-order valence-electron chi connectivity index (χ3n) is 2.92. The Kier molecular flexibility index (Phi) is 2.09. The van der Waals surface area contributed by atoms with Crippen molar-refractivity contribution in [3.63, 3.8) is 0 Å². The van der Waals surface area contributed by atoms with Gasteiger partial charge in [0.25, 0.3) is 0 Å². The number of hydrogen-bond donors (Lipinski definition) is 1. The smallest absolute Gasteiger partial charge is 0.231 e. The van der Waals surface area contributed by atoms with Gasteiger partial charge >= 0.3 is 0 Å². The van der Waals surface area contributed by atoms with Crippen LogP contribution in [0.5, 0.6) is 11.5 Å². The summed E-state index contributed by atoms with van der Waals surface area (Å²) in [6, 6.07) is 5.96. The molecule has 16 heavy (non-hydrogen) atoms. The van der Waals surface area contributed by atoms with Gasteiger partial charge in [0.05, 0.1) is 6.10 Å². The van der Waals surface area contributed by atoms with Gasteiger partial charge in [-0.3, -0.25) is 5.32 Å². The Labute approximate surface area is 94.5 Å². The van der Waals surface area contributed by atoms with E-state index in [-0.39, 0.29) is 11.8 Å². The number of fused-ring (bicyclic) bond motifs is 1. The van der Waals surface area contributed by atoms with Crippen LogP contribution in [-0.4, -0.2) is 19.1 Å². The standard InChI is InChI=1S/C12H15NO3/c1-12(2)13-6-11(16-12)8-3-4-9-10(5-8)15-7-14-9/h3-5,11,13H,6-7H2,1-2H3. The predicted octanol–water partition coefficient (Wildman–Crippen LogP) is 1.81. The first-order valence-corrected chi connectivity index (χ1v) is 5.46. The Bertz CT molecular complexity index is 417. The van der Waals surface area contributed by atoms with Crippen molar-refractivity contribution in [3.8, 4) is 11.5 Å². The van der Waals surface area contributed by atoms with Crippen LogP contribution in [0.4, 0.5) is 0 Å². The minimum absolute atomic E-state index is 0.0875. The van der Waals surface area contributed by atoms with E-state index in [9.17, 15) is 0 Å². The largest absolute Gasteiger partial charge is 0.454 e. The molecule has 4 heteroatoms. The quantitative estimate of drug-likeness (QED) is 0.785. The zero-order chi connectivity index (χ0) is 11.2. The molecule has 3 rings (SSSR count). The molecule has 2 heterocycles. The summed E-state index contributed by atoms with van der Waals surface area (Å²) in [5, 5.41) is 3.32. The fraction of sp³-hybridized carbons (Fsp3) is 0.500. The minimum atomic E-state index is -0.249. The highest BCUT2D eigenvalue weighted by Crippen LogP contribution is 2.36. The maximum absolute atomic E-state index is 5.89. The average molecular weight is 221 g/mol. The van der Waals surface area contributed by atoms with E-state index < -0.39 is 0 Å². The summed E-state index contributed by atoms with van der Waals surface area (Å²) in [6.45, 7) is 5.20. The molecule has 1 N–H and O–H groups in total. The van der Waals surface area contributed by atoms with Crippen LogP contribution >= 0.6 is 0 Å². The lowest BCUT2D eigenvalue weighted by Gasteiger charge is -2.18. The molecule has 0 saturated carbocycles. The Hall–Kier alpha value is -1.26. The molecule has 1 fully saturated rings. The molecular weight excluding hydrogens is 206 g/mol. The third kappa shape index (κ3) is 1.64. The van der Waals surface area contributed by atoms with Gasteiger partial charge < -0.3 is 14.2 Å². The Morgan fingerprint density at radius 2 is 2.06 bits per heavy atom. The topological polar surface area (TPSA) is 39.7 Å². The Morgan fingerprint density at radius 1 is 1.25 bits per heavy atom. The van der Waals surface area contributed by atoms with E-state index in [0.29, 0.717) is 6.79 Å². The van der Waals surface area contributed by atoms with E-state index >= 15 is 0 Å². The molecule has 0 bridgehead atoms. The predicted molar refractivity (Wildman–Crippen MR) is 58.5 cm³/mol. The average Bonchev–Trinajstić information content (AvgIpc) is 2.82. The van der Waals surface area contributed by atoms with Crippen molar-refractivity contribution in [2.75, 3.05) is 13.3 Å². The summed E-state index contributed by atoms with van der Waals surface area (Å²) in [5.74, 6) is 1.62. The molecule has 4 nitrogen and oxygen atoms in total. The van der Waals surface area contributed by atoms with Crippen LogP contribution in [0, 0.1) is 0 Å². The maximum atomic E-state index is 5.89. The zero-order valence-corrected chi connectivity index (χ0v) is 9.45. The van der Waals surface area contributed by atoms with Crippen molar-refractivity contribution in [1.29, 1.82) is 0 Å². The van der Waals surface area contributed by atoms with Crippen LogP contribution in [0.1, 0.15) is 25.5 Å². The molecule has 0 radical (unpaired) electrons. The number of ether oxygens (including phenoxy) is 3. The molecule has 1 unspecified atom stereocenters. The van der Waals surface area contributed by atoms with E-state index in [2.05, 4.69) is 5.32 Å². The van der Waals surface area contributed by atoms with E-state index in [1.807, 2.05) is 32.0 Å². The van der Waals surface area contributed by atoms with Gasteiger partial charge in [-0.2, -0.15) is 0 Å². The highest BCUT2D eigenvalue weighted by Gasteiger charge is 2.32. The van der Waals surface area contributed by atoms with Crippen molar-refractivity contribution in [2.24, 2.45) is 0 Å². The third-order valence-corrected chi connectivity index (χ3v) is 2.92. The summed E-state index contributed by atoms with van der Waals surface area (Å²) in [6.07, 6.45) is 0.0875. The Balaban J connectivity index is 1.85. The first-order valence-electron chi connectivity index (χ1n) is 5.46. The summed E-state index contributed by atoms with van der Waals surface area (Å²) < 4.78 is 16.5. The summed E-state index contributed by atoms with van der Waals surface area (Å²) in [5.41, 5.74) is 0.878. The van der Waals surface area contributed by atoms with E-state index in [4.69, 9.17) is 14.2 Å². The van der Waals surface area contributed by atoms with Gasteiger partial charge in [-0.15, -0.1) is 0 Å². The van der Waals surface area contributed by atoms with Gasteiger partial charge in [0.15, 0.2) is 11.5 Å². The molecule has 0 amide bonds. The van der Waals surface area contributed by atoms with Gasteiger partial charge in [-0.25, -0.2) is 0 Å². The SMILES string of the molecule is CC1(C)NCC(c2ccc3c(c2)OCO3)O1. The highest BCUT2D eigenvalue weighted by molar-refractivity contribution is 5.45. The molecular formula is C12H15NO3. The zero-order valence-electron chi connectivity index (χ0n) is 9.45. The van der Waals surface area contributed by atoms with Gasteiger partial charge in [0.2, 0.25) is 6.79 Å². The van der Waals surface area contributed by atoms with E-state index in [0.717, 1.165) is 23.6 Å². The van der Waals surface area contributed by atoms with E-state index in [1.54, 1.807) is 0 Å². The molecule has 0 aliphatic carbocycles. The first-order chi connectivity index (χ1) is 7.64. The summed E-state index contributed by atoms with van der Waals surface area (Å²) in [4.78, 5) is 0. The monoisotopic (exact) mass is 221 g/mol. The van der Waals surface area contributed by atoms with E-state index in [1.165, 1.54) is 0 Å². The lowest BCUT2D eigenvalue weighted by atomic mass is 10.1. The second-order valence-corrected chi connectivity index (χ2v) is 4.61. The van der Waals surface area contributed by atoms with Gasteiger partial charge in [0, 0.05) is 6.54 Å². The number of benzene rings is 1. The molecule has 1 aromatic rings. The molecule has 2 aliphatic rings. The number of rotatable bonds is 1. The molecule has 2 aliphatic heterocycles. The normalized spacial score (nSPS) is 26.0. The first kappa shape index (κ1) is 9.93. The van der Waals surface area contributed by atoms with Gasteiger partial charge in [-0.05, 0) is 31.5 Å². The molecule has 86 valence electrons. The number of nitrogens with one attached hydrogen (secondary N) is 1. The fourth-order valence-corrected chi connectivity index (χ4v) is 2.08. The molecule has 1 saturated heterocycles. The summed E-state index contributed by atoms with van der Waals surface area (Å²) in [7, 11) is 0.